The van der Waals surface area contributed by atoms with Crippen molar-refractivity contribution in [1.82, 2.24) is 0 Å². The van der Waals surface area contributed by atoms with Crippen LogP contribution in [0.3, 0.4) is 0 Å². The predicted molar refractivity (Wildman–Crippen MR) is 86.8 cm³/mol. The first kappa shape index (κ1) is 15.2. The number of nitro benzene ring substituents is 1. The maximum Gasteiger partial charge on any atom is 0.273 e. The highest BCUT2D eigenvalue weighted by molar-refractivity contribution is 14.1. The van der Waals surface area contributed by atoms with Crippen LogP contribution in [0.1, 0.15) is 10.4 Å². The molecule has 0 unspecified atom stereocenters. The van der Waals surface area contributed by atoms with Gasteiger partial charge in [0.05, 0.1) is 29.4 Å². The molecule has 1 amide bonds. The highest BCUT2D eigenvalue weighted by Gasteiger charge is 2.17. The Hall–Kier alpha value is -2.16. The van der Waals surface area contributed by atoms with Crippen LogP contribution in [0.4, 0.5) is 11.4 Å². The van der Waals surface area contributed by atoms with Gasteiger partial charge in [-0.25, -0.2) is 0 Å². The maximum atomic E-state index is 12.3. The Morgan fingerprint density at radius 2 is 2.00 bits per heavy atom. The van der Waals surface area contributed by atoms with Crippen LogP contribution >= 0.6 is 22.6 Å². The molecule has 0 aliphatic rings. The number of ether oxygens (including phenoxy) is 1. The van der Waals surface area contributed by atoms with Crippen LogP contribution in [0.2, 0.25) is 0 Å². The van der Waals surface area contributed by atoms with E-state index in [0.717, 1.165) is 3.57 Å². The molecule has 0 heterocycles. The second kappa shape index (κ2) is 6.53. The highest BCUT2D eigenvalue weighted by atomic mass is 127. The standard InChI is InChI=1S/C14H11IN2O4/c1-21-13-8-9(17(19)20)6-7-10(13)14(18)16-12-5-3-2-4-11(12)15/h2-8H,1H3,(H,16,18). The SMILES string of the molecule is COc1cc([N+](=O)[O-])ccc1C(=O)Nc1ccccc1I. The molecule has 2 aromatic rings. The summed E-state index contributed by atoms with van der Waals surface area (Å²) in [5.41, 5.74) is 0.781. The highest BCUT2D eigenvalue weighted by Crippen LogP contribution is 2.26. The summed E-state index contributed by atoms with van der Waals surface area (Å²) in [6.45, 7) is 0. The molecule has 2 rings (SSSR count). The van der Waals surface area contributed by atoms with E-state index in [1.54, 1.807) is 6.07 Å². The third-order valence-corrected chi connectivity index (χ3v) is 3.70. The maximum absolute atomic E-state index is 12.3. The number of methoxy groups -OCH3 is 1. The summed E-state index contributed by atoms with van der Waals surface area (Å²) in [5.74, 6) is -0.224. The largest absolute Gasteiger partial charge is 0.496 e. The summed E-state index contributed by atoms with van der Waals surface area (Å²) < 4.78 is 5.95. The van der Waals surface area contributed by atoms with E-state index in [1.807, 2.05) is 18.2 Å². The lowest BCUT2D eigenvalue weighted by molar-refractivity contribution is -0.384. The normalized spacial score (nSPS) is 10.0. The van der Waals surface area contributed by atoms with Crippen molar-refractivity contribution in [1.29, 1.82) is 0 Å². The van der Waals surface area contributed by atoms with E-state index in [1.165, 1.54) is 25.3 Å². The van der Waals surface area contributed by atoms with Gasteiger partial charge in [-0.2, -0.15) is 0 Å². The molecule has 0 atom stereocenters. The molecule has 1 N–H and O–H groups in total. The minimum absolute atomic E-state index is 0.127. The molecule has 108 valence electrons. The van der Waals surface area contributed by atoms with Gasteiger partial charge >= 0.3 is 0 Å². The van der Waals surface area contributed by atoms with Gasteiger partial charge in [-0.05, 0) is 40.8 Å². The number of nitro groups is 1. The van der Waals surface area contributed by atoms with Gasteiger partial charge in [-0.1, -0.05) is 12.1 Å². The second-order valence-corrected chi connectivity index (χ2v) is 5.24. The van der Waals surface area contributed by atoms with Crippen LogP contribution in [0.15, 0.2) is 42.5 Å². The van der Waals surface area contributed by atoms with E-state index in [4.69, 9.17) is 4.74 Å². The number of carbonyl (C=O) groups is 1. The number of hydrogen-bond acceptors (Lipinski definition) is 4. The average Bonchev–Trinajstić information content (AvgIpc) is 2.48. The van der Waals surface area contributed by atoms with E-state index in [0.29, 0.717) is 5.69 Å². The van der Waals surface area contributed by atoms with Crippen molar-refractivity contribution < 1.29 is 14.5 Å². The van der Waals surface area contributed by atoms with Crippen LogP contribution in [0.5, 0.6) is 5.75 Å². The van der Waals surface area contributed by atoms with Gasteiger partial charge in [0.2, 0.25) is 0 Å². The van der Waals surface area contributed by atoms with E-state index in [2.05, 4.69) is 27.9 Å². The molecule has 7 heteroatoms. The Balaban J connectivity index is 2.31. The number of para-hydroxylation sites is 1. The molecular formula is C14H11IN2O4. The van der Waals surface area contributed by atoms with Gasteiger partial charge in [-0.3, -0.25) is 14.9 Å². The number of carbonyl (C=O) groups excluding carboxylic acids is 1. The minimum atomic E-state index is -0.537. The average molecular weight is 398 g/mol. The van der Waals surface area contributed by atoms with Crippen LogP contribution in [-0.2, 0) is 0 Å². The minimum Gasteiger partial charge on any atom is -0.496 e. The molecular weight excluding hydrogens is 387 g/mol. The second-order valence-electron chi connectivity index (χ2n) is 4.08. The topological polar surface area (TPSA) is 81.5 Å². The van der Waals surface area contributed by atoms with Crippen molar-refractivity contribution in [2.75, 3.05) is 12.4 Å². The number of amides is 1. The Bertz CT molecular complexity index is 703. The summed E-state index contributed by atoms with van der Waals surface area (Å²) in [6.07, 6.45) is 0. The Labute approximate surface area is 134 Å². The Kier molecular flexibility index (Phi) is 4.73. The number of anilines is 1. The molecule has 6 nitrogen and oxygen atoms in total. The van der Waals surface area contributed by atoms with Crippen LogP contribution in [0.25, 0.3) is 0 Å². The van der Waals surface area contributed by atoms with E-state index >= 15 is 0 Å². The molecule has 2 aromatic carbocycles. The lowest BCUT2D eigenvalue weighted by Gasteiger charge is -2.10. The molecule has 0 aliphatic heterocycles. The van der Waals surface area contributed by atoms with E-state index in [9.17, 15) is 14.9 Å². The monoisotopic (exact) mass is 398 g/mol. The van der Waals surface area contributed by atoms with Crippen molar-refractivity contribution in [3.63, 3.8) is 0 Å². The van der Waals surface area contributed by atoms with Crippen molar-refractivity contribution in [2.24, 2.45) is 0 Å². The first-order valence-electron chi connectivity index (χ1n) is 5.91. The van der Waals surface area contributed by atoms with Gasteiger partial charge in [-0.15, -0.1) is 0 Å². The van der Waals surface area contributed by atoms with Gasteiger partial charge in [0.1, 0.15) is 5.75 Å². The van der Waals surface area contributed by atoms with Gasteiger partial charge in [0.25, 0.3) is 11.6 Å². The number of nitrogens with one attached hydrogen (secondary N) is 1. The zero-order chi connectivity index (χ0) is 15.4. The summed E-state index contributed by atoms with van der Waals surface area (Å²) in [4.78, 5) is 22.5. The first-order chi connectivity index (χ1) is 10.0. The van der Waals surface area contributed by atoms with Gasteiger partial charge < -0.3 is 10.1 Å². The fourth-order valence-corrected chi connectivity index (χ4v) is 2.26. The zero-order valence-electron chi connectivity index (χ0n) is 11.0. The number of non-ortho nitro benzene ring substituents is 1. The lowest BCUT2D eigenvalue weighted by Crippen LogP contribution is -2.14. The summed E-state index contributed by atoms with van der Waals surface area (Å²) in [5, 5.41) is 13.5. The van der Waals surface area contributed by atoms with Gasteiger partial charge in [0.15, 0.2) is 0 Å². The number of hydrogen-bond donors (Lipinski definition) is 1. The Morgan fingerprint density at radius 1 is 1.29 bits per heavy atom. The fraction of sp³-hybridized carbons (Fsp3) is 0.0714. The predicted octanol–water partition coefficient (Wildman–Crippen LogP) is 3.46. The molecule has 0 radical (unpaired) electrons. The zero-order valence-corrected chi connectivity index (χ0v) is 13.2. The quantitative estimate of drug-likeness (QED) is 0.486. The number of benzene rings is 2. The summed E-state index contributed by atoms with van der Waals surface area (Å²) >= 11 is 2.11. The number of halogens is 1. The molecule has 0 saturated heterocycles. The Morgan fingerprint density at radius 3 is 2.62 bits per heavy atom. The van der Waals surface area contributed by atoms with Crippen molar-refractivity contribution >= 4 is 39.9 Å². The molecule has 21 heavy (non-hydrogen) atoms. The fourth-order valence-electron chi connectivity index (χ4n) is 1.73. The third kappa shape index (κ3) is 3.48. The lowest BCUT2D eigenvalue weighted by atomic mass is 10.1. The van der Waals surface area contributed by atoms with Crippen LogP contribution in [0, 0.1) is 13.7 Å². The molecule has 0 bridgehead atoms. The van der Waals surface area contributed by atoms with Crippen molar-refractivity contribution in [3.8, 4) is 5.75 Å². The molecule has 0 aromatic heterocycles. The van der Waals surface area contributed by atoms with E-state index < -0.39 is 4.92 Å². The molecule has 0 aliphatic carbocycles. The molecule has 0 saturated carbocycles. The third-order valence-electron chi connectivity index (χ3n) is 2.76. The number of nitrogens with zero attached hydrogens (tertiary/aromatic N) is 1. The smallest absolute Gasteiger partial charge is 0.273 e. The number of rotatable bonds is 4. The summed E-state index contributed by atoms with van der Waals surface area (Å²) in [7, 11) is 1.36. The van der Waals surface area contributed by atoms with Crippen LogP contribution in [-0.4, -0.2) is 17.9 Å². The van der Waals surface area contributed by atoms with E-state index in [-0.39, 0.29) is 22.9 Å². The summed E-state index contributed by atoms with van der Waals surface area (Å²) in [6, 6.07) is 11.2. The first-order valence-corrected chi connectivity index (χ1v) is 6.99. The van der Waals surface area contributed by atoms with Gasteiger partial charge in [0, 0.05) is 9.64 Å². The van der Waals surface area contributed by atoms with Crippen LogP contribution < -0.4 is 10.1 Å². The van der Waals surface area contributed by atoms with Crippen molar-refractivity contribution in [2.45, 2.75) is 0 Å². The molecule has 0 fully saturated rings. The molecule has 0 spiro atoms. The van der Waals surface area contributed by atoms with Crippen molar-refractivity contribution in [3.05, 3.63) is 61.7 Å².